The lowest BCUT2D eigenvalue weighted by Gasteiger charge is -2.24. The number of aromatic nitrogens is 1. The number of fused-ring (bicyclic) bond motifs is 4. The van der Waals surface area contributed by atoms with Gasteiger partial charge < -0.3 is 14.2 Å². The van der Waals surface area contributed by atoms with Gasteiger partial charge in [0, 0.05) is 23.0 Å². The molecular formula is C24H25N3O. The van der Waals surface area contributed by atoms with E-state index in [0.29, 0.717) is 11.6 Å². The van der Waals surface area contributed by atoms with Gasteiger partial charge in [0.05, 0.1) is 23.7 Å². The van der Waals surface area contributed by atoms with E-state index in [1.165, 1.54) is 16.9 Å². The van der Waals surface area contributed by atoms with Crippen molar-refractivity contribution >= 4 is 39.1 Å². The molecule has 0 unspecified atom stereocenters. The molecule has 28 heavy (non-hydrogen) atoms. The summed E-state index contributed by atoms with van der Waals surface area (Å²) in [6.45, 7) is 10.6. The van der Waals surface area contributed by atoms with Gasteiger partial charge in [0.25, 0.3) is 0 Å². The van der Waals surface area contributed by atoms with Crippen LogP contribution in [0.2, 0.25) is 0 Å². The number of pyridine rings is 1. The molecule has 2 aromatic heterocycles. The maximum Gasteiger partial charge on any atom is 0.227 e. The number of furan rings is 1. The van der Waals surface area contributed by atoms with Crippen LogP contribution < -0.4 is 9.80 Å². The third-order valence-corrected chi connectivity index (χ3v) is 5.50. The minimum Gasteiger partial charge on any atom is -0.435 e. The molecule has 4 nitrogen and oxygen atoms in total. The zero-order chi connectivity index (χ0) is 19.4. The Morgan fingerprint density at radius 2 is 1.71 bits per heavy atom. The van der Waals surface area contributed by atoms with Crippen molar-refractivity contribution in [2.24, 2.45) is 5.92 Å². The summed E-state index contributed by atoms with van der Waals surface area (Å²) in [7, 11) is 0. The Labute approximate surface area is 165 Å². The first kappa shape index (κ1) is 17.1. The fraction of sp³-hybridized carbons (Fsp3) is 0.292. The second-order valence-electron chi connectivity index (χ2n) is 8.19. The number of rotatable bonds is 3. The summed E-state index contributed by atoms with van der Waals surface area (Å²) >= 11 is 0. The Kier molecular flexibility index (Phi) is 3.83. The van der Waals surface area contributed by atoms with Gasteiger partial charge in [-0.1, -0.05) is 38.1 Å². The fourth-order valence-corrected chi connectivity index (χ4v) is 4.30. The molecule has 0 N–H and O–H groups in total. The monoisotopic (exact) mass is 371 g/mol. The van der Waals surface area contributed by atoms with E-state index in [0.717, 1.165) is 41.0 Å². The molecule has 4 aromatic rings. The van der Waals surface area contributed by atoms with E-state index in [9.17, 15) is 0 Å². The van der Waals surface area contributed by atoms with Crippen molar-refractivity contribution in [3.8, 4) is 0 Å². The van der Waals surface area contributed by atoms with E-state index in [2.05, 4.69) is 78.0 Å². The molecule has 0 saturated carbocycles. The second-order valence-corrected chi connectivity index (χ2v) is 8.19. The van der Waals surface area contributed by atoms with Crippen LogP contribution in [0.1, 0.15) is 25.1 Å². The van der Waals surface area contributed by atoms with Crippen LogP contribution >= 0.6 is 0 Å². The highest BCUT2D eigenvalue weighted by molar-refractivity contribution is 6.09. The van der Waals surface area contributed by atoms with E-state index >= 15 is 0 Å². The van der Waals surface area contributed by atoms with Crippen LogP contribution in [0.5, 0.6) is 0 Å². The summed E-state index contributed by atoms with van der Waals surface area (Å²) in [6, 6.07) is 17.2. The van der Waals surface area contributed by atoms with E-state index in [1.807, 2.05) is 13.0 Å². The number of benzene rings is 2. The second kappa shape index (κ2) is 6.26. The SMILES string of the molecule is Cc1ccc2c(n1)oc1c(N3CN(CC(C)C)c4ccccc43)c(C)ccc12. The van der Waals surface area contributed by atoms with Crippen LogP contribution in [0.25, 0.3) is 22.1 Å². The van der Waals surface area contributed by atoms with Gasteiger partial charge in [-0.05, 0) is 49.6 Å². The molecule has 0 saturated heterocycles. The molecule has 0 spiro atoms. The van der Waals surface area contributed by atoms with Crippen LogP contribution in [-0.4, -0.2) is 18.2 Å². The predicted molar refractivity (Wildman–Crippen MR) is 117 cm³/mol. The molecule has 4 heteroatoms. The van der Waals surface area contributed by atoms with E-state index in [-0.39, 0.29) is 0 Å². The molecule has 0 fully saturated rings. The lowest BCUT2D eigenvalue weighted by Crippen LogP contribution is -2.31. The average Bonchev–Trinajstić information content (AvgIpc) is 3.19. The molecule has 0 aliphatic carbocycles. The smallest absolute Gasteiger partial charge is 0.227 e. The number of nitrogens with zero attached hydrogens (tertiary/aromatic N) is 3. The Balaban J connectivity index is 1.73. The summed E-state index contributed by atoms with van der Waals surface area (Å²) in [5.74, 6) is 0.600. The summed E-state index contributed by atoms with van der Waals surface area (Å²) in [5.41, 5.74) is 7.50. The Hall–Kier alpha value is -3.01. The Morgan fingerprint density at radius 1 is 0.964 bits per heavy atom. The average molecular weight is 371 g/mol. The minimum atomic E-state index is 0.600. The quantitative estimate of drug-likeness (QED) is 0.431. The van der Waals surface area contributed by atoms with Crippen molar-refractivity contribution < 1.29 is 4.42 Å². The summed E-state index contributed by atoms with van der Waals surface area (Å²) in [4.78, 5) is 9.47. The van der Waals surface area contributed by atoms with Crippen molar-refractivity contribution in [2.75, 3.05) is 23.0 Å². The standard InChI is InChI=1S/C24H25N3O/c1-15(2)13-26-14-27(21-8-6-5-7-20(21)26)22-16(3)9-11-18-19-12-10-17(4)25-24(19)28-23(18)22/h5-12,15H,13-14H2,1-4H3. The lowest BCUT2D eigenvalue weighted by molar-refractivity contribution is 0.620. The molecule has 0 amide bonds. The van der Waals surface area contributed by atoms with Gasteiger partial charge in [-0.25, -0.2) is 4.98 Å². The van der Waals surface area contributed by atoms with Crippen molar-refractivity contribution in [3.63, 3.8) is 0 Å². The number of hydrogen-bond donors (Lipinski definition) is 0. The molecule has 142 valence electrons. The largest absolute Gasteiger partial charge is 0.435 e. The number of anilines is 3. The van der Waals surface area contributed by atoms with E-state index in [4.69, 9.17) is 4.42 Å². The Morgan fingerprint density at radius 3 is 2.50 bits per heavy atom. The molecule has 1 aliphatic heterocycles. The fourth-order valence-electron chi connectivity index (χ4n) is 4.30. The Bertz CT molecular complexity index is 1190. The molecule has 0 radical (unpaired) electrons. The van der Waals surface area contributed by atoms with Crippen molar-refractivity contribution in [1.29, 1.82) is 0 Å². The molecule has 0 atom stereocenters. The first-order valence-electron chi connectivity index (χ1n) is 9.94. The molecular weight excluding hydrogens is 346 g/mol. The zero-order valence-corrected chi connectivity index (χ0v) is 16.9. The van der Waals surface area contributed by atoms with E-state index in [1.54, 1.807) is 0 Å². The molecule has 1 aliphatic rings. The topological polar surface area (TPSA) is 32.5 Å². The van der Waals surface area contributed by atoms with Crippen LogP contribution in [0.3, 0.4) is 0 Å². The van der Waals surface area contributed by atoms with Gasteiger partial charge in [0.15, 0.2) is 5.58 Å². The van der Waals surface area contributed by atoms with E-state index < -0.39 is 0 Å². The van der Waals surface area contributed by atoms with Crippen LogP contribution in [-0.2, 0) is 0 Å². The van der Waals surface area contributed by atoms with Crippen molar-refractivity contribution in [3.05, 3.63) is 59.8 Å². The summed E-state index contributed by atoms with van der Waals surface area (Å²) in [6.07, 6.45) is 0. The summed E-state index contributed by atoms with van der Waals surface area (Å²) < 4.78 is 6.32. The van der Waals surface area contributed by atoms with Gasteiger partial charge in [0.2, 0.25) is 5.71 Å². The molecule has 3 heterocycles. The van der Waals surface area contributed by atoms with Crippen molar-refractivity contribution in [1.82, 2.24) is 4.98 Å². The summed E-state index contributed by atoms with van der Waals surface area (Å²) in [5, 5.41) is 2.20. The minimum absolute atomic E-state index is 0.600. The number of hydrogen-bond acceptors (Lipinski definition) is 4. The highest BCUT2D eigenvalue weighted by Gasteiger charge is 2.30. The van der Waals surface area contributed by atoms with Gasteiger partial charge in [-0.2, -0.15) is 0 Å². The number of para-hydroxylation sites is 2. The van der Waals surface area contributed by atoms with Crippen molar-refractivity contribution in [2.45, 2.75) is 27.7 Å². The van der Waals surface area contributed by atoms with Gasteiger partial charge in [-0.3, -0.25) is 0 Å². The maximum atomic E-state index is 6.32. The first-order valence-corrected chi connectivity index (χ1v) is 9.94. The van der Waals surface area contributed by atoms with Gasteiger partial charge in [-0.15, -0.1) is 0 Å². The maximum absolute atomic E-state index is 6.32. The highest BCUT2D eigenvalue weighted by atomic mass is 16.3. The number of aryl methyl sites for hydroxylation is 2. The highest BCUT2D eigenvalue weighted by Crippen LogP contribution is 2.45. The van der Waals surface area contributed by atoms with Gasteiger partial charge >= 0.3 is 0 Å². The zero-order valence-electron chi connectivity index (χ0n) is 16.9. The van der Waals surface area contributed by atoms with Crippen LogP contribution in [0.4, 0.5) is 17.1 Å². The first-order chi connectivity index (χ1) is 13.5. The molecule has 5 rings (SSSR count). The molecule has 2 aromatic carbocycles. The van der Waals surface area contributed by atoms with Gasteiger partial charge in [0.1, 0.15) is 0 Å². The molecule has 0 bridgehead atoms. The third kappa shape index (κ3) is 2.55. The van der Waals surface area contributed by atoms with Crippen LogP contribution in [0, 0.1) is 19.8 Å². The lowest BCUT2D eigenvalue weighted by atomic mass is 10.1. The predicted octanol–water partition coefficient (Wildman–Crippen LogP) is 6.17. The third-order valence-electron chi connectivity index (χ3n) is 5.50. The van der Waals surface area contributed by atoms with Crippen LogP contribution in [0.15, 0.2) is 52.9 Å². The normalized spacial score (nSPS) is 13.9.